The Morgan fingerprint density at radius 3 is 2.77 bits per heavy atom. The average Bonchev–Trinajstić information content (AvgIpc) is 3.07. The first kappa shape index (κ1) is 20.3. The van der Waals surface area contributed by atoms with E-state index in [1.807, 2.05) is 23.1 Å². The molecule has 4 rings (SSSR count). The summed E-state index contributed by atoms with van der Waals surface area (Å²) in [5.74, 6) is 1.12. The molecule has 8 heteroatoms. The van der Waals surface area contributed by atoms with Gasteiger partial charge in [-0.05, 0) is 36.2 Å². The number of fused-ring (bicyclic) bond motifs is 1. The monoisotopic (exact) mass is 416 g/mol. The fourth-order valence-corrected chi connectivity index (χ4v) is 3.73. The molecule has 1 atom stereocenters. The number of rotatable bonds is 4. The summed E-state index contributed by atoms with van der Waals surface area (Å²) in [6, 6.07) is 9.73. The number of benzene rings is 2. The second-order valence-corrected chi connectivity index (χ2v) is 7.43. The molecular weight excluding hydrogens is 390 g/mol. The Labute approximate surface area is 174 Å². The van der Waals surface area contributed by atoms with Gasteiger partial charge in [-0.25, -0.2) is 8.78 Å². The molecule has 6 nitrogen and oxygen atoms in total. The van der Waals surface area contributed by atoms with E-state index in [0.29, 0.717) is 44.5 Å². The van der Waals surface area contributed by atoms with Crippen molar-refractivity contribution < 1.29 is 18.3 Å². The number of anilines is 1. The van der Waals surface area contributed by atoms with Crippen LogP contribution in [0, 0.1) is 11.6 Å². The van der Waals surface area contributed by atoms with Crippen molar-refractivity contribution in [2.45, 2.75) is 25.4 Å². The number of aliphatic imine (C=N–C) groups is 1. The second kappa shape index (κ2) is 9.19. The summed E-state index contributed by atoms with van der Waals surface area (Å²) in [5.41, 5.74) is 1.49. The van der Waals surface area contributed by atoms with Gasteiger partial charge in [-0.15, -0.1) is 0 Å². The molecule has 0 amide bonds. The Morgan fingerprint density at radius 2 is 1.97 bits per heavy atom. The summed E-state index contributed by atoms with van der Waals surface area (Å²) >= 11 is 0. The normalized spacial score (nSPS) is 18.8. The predicted molar refractivity (Wildman–Crippen MR) is 112 cm³/mol. The van der Waals surface area contributed by atoms with Crippen LogP contribution in [0.3, 0.4) is 0 Å². The van der Waals surface area contributed by atoms with Crippen LogP contribution in [0.2, 0.25) is 0 Å². The maximum absolute atomic E-state index is 14.1. The Morgan fingerprint density at radius 1 is 1.13 bits per heavy atom. The van der Waals surface area contributed by atoms with E-state index in [1.165, 1.54) is 12.1 Å². The van der Waals surface area contributed by atoms with Crippen molar-refractivity contribution in [2.24, 2.45) is 4.99 Å². The molecule has 1 saturated heterocycles. The van der Waals surface area contributed by atoms with Crippen molar-refractivity contribution >= 4 is 11.6 Å². The van der Waals surface area contributed by atoms with Gasteiger partial charge in [0.05, 0.1) is 18.9 Å². The minimum absolute atomic E-state index is 0.115. The number of ether oxygens (including phenoxy) is 2. The molecule has 0 aliphatic carbocycles. The van der Waals surface area contributed by atoms with Crippen LogP contribution in [-0.4, -0.2) is 45.4 Å². The van der Waals surface area contributed by atoms with Crippen molar-refractivity contribution in [1.29, 1.82) is 0 Å². The fraction of sp³-hybridized carbons (Fsp3) is 0.409. The molecule has 1 fully saturated rings. The summed E-state index contributed by atoms with van der Waals surface area (Å²) in [6.45, 7) is 3.22. The van der Waals surface area contributed by atoms with Crippen LogP contribution >= 0.6 is 0 Å². The maximum Gasteiger partial charge on any atom is 0.191 e. The number of nitrogens with one attached hydrogen (secondary N) is 2. The van der Waals surface area contributed by atoms with Gasteiger partial charge in [-0.3, -0.25) is 4.99 Å². The summed E-state index contributed by atoms with van der Waals surface area (Å²) in [5, 5.41) is 6.69. The Bertz CT molecular complexity index is 922. The highest BCUT2D eigenvalue weighted by atomic mass is 19.1. The largest absolute Gasteiger partial charge is 0.490 e. The number of hydrogen-bond acceptors (Lipinski definition) is 4. The molecule has 1 unspecified atom stereocenters. The van der Waals surface area contributed by atoms with Crippen LogP contribution in [0.4, 0.5) is 14.5 Å². The Hall–Kier alpha value is -3.03. The lowest BCUT2D eigenvalue weighted by molar-refractivity contribution is 0.297. The van der Waals surface area contributed by atoms with E-state index < -0.39 is 11.6 Å². The van der Waals surface area contributed by atoms with E-state index in [-0.39, 0.29) is 6.04 Å². The van der Waals surface area contributed by atoms with Crippen molar-refractivity contribution in [2.75, 3.05) is 38.3 Å². The molecule has 30 heavy (non-hydrogen) atoms. The number of guanidine groups is 1. The third-order valence-electron chi connectivity index (χ3n) is 5.28. The lowest BCUT2D eigenvalue weighted by Gasteiger charge is -2.21. The summed E-state index contributed by atoms with van der Waals surface area (Å²) in [4.78, 5) is 6.21. The molecule has 0 radical (unpaired) electrons. The molecule has 2 heterocycles. The SMILES string of the molecule is CN=C(NCc1ccc2c(c1)OCCCO2)NC1CCN(c2ccc(F)cc2F)C1. The van der Waals surface area contributed by atoms with Crippen molar-refractivity contribution in [3.8, 4) is 11.5 Å². The zero-order valence-electron chi connectivity index (χ0n) is 17.0. The van der Waals surface area contributed by atoms with E-state index >= 15 is 0 Å². The molecule has 160 valence electrons. The zero-order valence-corrected chi connectivity index (χ0v) is 17.0. The number of nitrogens with zero attached hydrogens (tertiary/aromatic N) is 2. The van der Waals surface area contributed by atoms with Crippen LogP contribution in [0.1, 0.15) is 18.4 Å². The minimum atomic E-state index is -0.565. The molecule has 2 aromatic rings. The highest BCUT2D eigenvalue weighted by Gasteiger charge is 2.25. The third-order valence-corrected chi connectivity index (χ3v) is 5.28. The van der Waals surface area contributed by atoms with Gasteiger partial charge in [-0.1, -0.05) is 6.07 Å². The molecule has 0 aromatic heterocycles. The van der Waals surface area contributed by atoms with E-state index in [4.69, 9.17) is 9.47 Å². The highest BCUT2D eigenvalue weighted by molar-refractivity contribution is 5.80. The van der Waals surface area contributed by atoms with Gasteiger partial charge in [0.25, 0.3) is 0 Å². The molecular formula is C22H26F2N4O2. The molecule has 2 aromatic carbocycles. The Balaban J connectivity index is 1.32. The van der Waals surface area contributed by atoms with Gasteiger partial charge in [0.1, 0.15) is 11.6 Å². The predicted octanol–water partition coefficient (Wildman–Crippen LogP) is 3.07. The molecule has 2 aliphatic heterocycles. The van der Waals surface area contributed by atoms with E-state index in [1.54, 1.807) is 7.05 Å². The summed E-state index contributed by atoms with van der Waals surface area (Å²) in [6.07, 6.45) is 1.71. The van der Waals surface area contributed by atoms with Crippen molar-refractivity contribution in [1.82, 2.24) is 10.6 Å². The topological polar surface area (TPSA) is 58.1 Å². The van der Waals surface area contributed by atoms with Gasteiger partial charge >= 0.3 is 0 Å². The first-order valence-electron chi connectivity index (χ1n) is 10.2. The van der Waals surface area contributed by atoms with E-state index in [0.717, 1.165) is 36.0 Å². The first-order chi connectivity index (χ1) is 14.6. The first-order valence-corrected chi connectivity index (χ1v) is 10.2. The van der Waals surface area contributed by atoms with Crippen LogP contribution in [0.5, 0.6) is 11.5 Å². The second-order valence-electron chi connectivity index (χ2n) is 7.43. The maximum atomic E-state index is 14.1. The van der Waals surface area contributed by atoms with Gasteiger partial charge < -0.3 is 25.0 Å². The van der Waals surface area contributed by atoms with Gasteiger partial charge in [0.2, 0.25) is 0 Å². The minimum Gasteiger partial charge on any atom is -0.490 e. The molecule has 0 saturated carbocycles. The van der Waals surface area contributed by atoms with Crippen LogP contribution in [0.15, 0.2) is 41.4 Å². The fourth-order valence-electron chi connectivity index (χ4n) is 3.73. The molecule has 2 N–H and O–H groups in total. The average molecular weight is 416 g/mol. The van der Waals surface area contributed by atoms with E-state index in [9.17, 15) is 8.78 Å². The summed E-state index contributed by atoms with van der Waals surface area (Å²) < 4.78 is 38.6. The Kier molecular flexibility index (Phi) is 6.21. The highest BCUT2D eigenvalue weighted by Crippen LogP contribution is 2.30. The van der Waals surface area contributed by atoms with Crippen LogP contribution in [0.25, 0.3) is 0 Å². The number of hydrogen-bond donors (Lipinski definition) is 2. The standard InChI is InChI=1S/C22H26F2N4O2/c1-25-22(26-13-15-3-6-20-21(11-15)30-10-2-9-29-20)27-17-7-8-28(14-17)19-5-4-16(23)12-18(19)24/h3-6,11-12,17H,2,7-10,13-14H2,1H3,(H2,25,26,27). The lowest BCUT2D eigenvalue weighted by atomic mass is 10.2. The molecule has 0 spiro atoms. The quantitative estimate of drug-likeness (QED) is 0.593. The third kappa shape index (κ3) is 4.75. The van der Waals surface area contributed by atoms with Crippen molar-refractivity contribution in [3.63, 3.8) is 0 Å². The lowest BCUT2D eigenvalue weighted by Crippen LogP contribution is -2.44. The van der Waals surface area contributed by atoms with Crippen LogP contribution < -0.4 is 25.0 Å². The van der Waals surface area contributed by atoms with Crippen molar-refractivity contribution in [3.05, 3.63) is 53.6 Å². The van der Waals surface area contributed by atoms with Gasteiger partial charge in [-0.2, -0.15) is 0 Å². The smallest absolute Gasteiger partial charge is 0.191 e. The molecule has 0 bridgehead atoms. The number of halogens is 2. The van der Waals surface area contributed by atoms with Crippen LogP contribution in [-0.2, 0) is 6.54 Å². The molecule has 2 aliphatic rings. The summed E-state index contributed by atoms with van der Waals surface area (Å²) in [7, 11) is 1.72. The van der Waals surface area contributed by atoms with Gasteiger partial charge in [0.15, 0.2) is 17.5 Å². The van der Waals surface area contributed by atoms with Gasteiger partial charge in [0, 0.05) is 45.2 Å². The zero-order chi connectivity index (χ0) is 20.9. The van der Waals surface area contributed by atoms with E-state index in [2.05, 4.69) is 15.6 Å².